The molecule has 3 rings (SSSR count). The molecular formula is C19H30N2O3S. The molecule has 1 aliphatic carbocycles. The number of piperidine rings is 1. The SMILES string of the molecule is CCS(=O)(=O)N(Cc1cccc(OCCN2CCCCC2)c1)C1CC1. The molecule has 1 saturated carbocycles. The van der Waals surface area contributed by atoms with Crippen molar-refractivity contribution >= 4 is 10.0 Å². The molecule has 0 amide bonds. The summed E-state index contributed by atoms with van der Waals surface area (Å²) in [6.45, 7) is 6.16. The minimum Gasteiger partial charge on any atom is -0.492 e. The highest BCUT2D eigenvalue weighted by atomic mass is 32.2. The molecule has 0 spiro atoms. The van der Waals surface area contributed by atoms with Crippen molar-refractivity contribution in [2.24, 2.45) is 0 Å². The van der Waals surface area contributed by atoms with Crippen molar-refractivity contribution in [2.45, 2.75) is 51.6 Å². The fraction of sp³-hybridized carbons (Fsp3) is 0.684. The average molecular weight is 367 g/mol. The van der Waals surface area contributed by atoms with E-state index in [1.165, 1.54) is 32.4 Å². The van der Waals surface area contributed by atoms with Crippen LogP contribution in [0.2, 0.25) is 0 Å². The maximum atomic E-state index is 12.3. The zero-order valence-electron chi connectivity index (χ0n) is 15.2. The van der Waals surface area contributed by atoms with E-state index in [1.807, 2.05) is 24.3 Å². The van der Waals surface area contributed by atoms with E-state index in [0.717, 1.165) is 30.7 Å². The van der Waals surface area contributed by atoms with Crippen LogP contribution in [0.5, 0.6) is 5.75 Å². The van der Waals surface area contributed by atoms with Gasteiger partial charge in [-0.1, -0.05) is 18.6 Å². The first-order valence-corrected chi connectivity index (χ1v) is 11.1. The molecular weight excluding hydrogens is 336 g/mol. The topological polar surface area (TPSA) is 49.9 Å². The first kappa shape index (κ1) is 18.7. The Morgan fingerprint density at radius 2 is 1.96 bits per heavy atom. The van der Waals surface area contributed by atoms with Gasteiger partial charge in [-0.05, 0) is 63.4 Å². The van der Waals surface area contributed by atoms with Crippen LogP contribution in [0.15, 0.2) is 24.3 Å². The minimum absolute atomic E-state index is 0.162. The first-order valence-electron chi connectivity index (χ1n) is 9.52. The van der Waals surface area contributed by atoms with Crippen LogP contribution >= 0.6 is 0 Å². The summed E-state index contributed by atoms with van der Waals surface area (Å²) in [6, 6.07) is 8.06. The third kappa shape index (κ3) is 5.43. The summed E-state index contributed by atoms with van der Waals surface area (Å²) in [6.07, 6.45) is 5.88. The highest BCUT2D eigenvalue weighted by molar-refractivity contribution is 7.89. The maximum Gasteiger partial charge on any atom is 0.214 e. The van der Waals surface area contributed by atoms with E-state index in [9.17, 15) is 8.42 Å². The molecule has 2 aliphatic rings. The van der Waals surface area contributed by atoms with E-state index in [4.69, 9.17) is 4.74 Å². The number of hydrogen-bond acceptors (Lipinski definition) is 4. The van der Waals surface area contributed by atoms with Gasteiger partial charge in [-0.15, -0.1) is 0 Å². The van der Waals surface area contributed by atoms with Crippen molar-refractivity contribution in [1.29, 1.82) is 0 Å². The molecule has 1 heterocycles. The van der Waals surface area contributed by atoms with Crippen LogP contribution in [0.3, 0.4) is 0 Å². The average Bonchev–Trinajstić information content (AvgIpc) is 3.46. The van der Waals surface area contributed by atoms with Gasteiger partial charge < -0.3 is 4.74 Å². The Kier molecular flexibility index (Phi) is 6.36. The van der Waals surface area contributed by atoms with Crippen molar-refractivity contribution in [2.75, 3.05) is 32.0 Å². The summed E-state index contributed by atoms with van der Waals surface area (Å²) in [5.74, 6) is 0.995. The van der Waals surface area contributed by atoms with Gasteiger partial charge in [0.25, 0.3) is 0 Å². The fourth-order valence-corrected chi connectivity index (χ4v) is 4.71. The number of hydrogen-bond donors (Lipinski definition) is 0. The molecule has 5 nitrogen and oxygen atoms in total. The Morgan fingerprint density at radius 1 is 1.20 bits per heavy atom. The molecule has 0 unspecified atom stereocenters. The Morgan fingerprint density at radius 3 is 2.64 bits per heavy atom. The zero-order valence-corrected chi connectivity index (χ0v) is 16.0. The minimum atomic E-state index is -3.15. The highest BCUT2D eigenvalue weighted by Crippen LogP contribution is 2.31. The van der Waals surface area contributed by atoms with Gasteiger partial charge in [-0.25, -0.2) is 8.42 Å². The third-order valence-corrected chi connectivity index (χ3v) is 6.91. The second kappa shape index (κ2) is 8.52. The van der Waals surface area contributed by atoms with Gasteiger partial charge in [0.05, 0.1) is 5.75 Å². The lowest BCUT2D eigenvalue weighted by molar-refractivity contribution is 0.183. The number of sulfonamides is 1. The van der Waals surface area contributed by atoms with Crippen molar-refractivity contribution in [3.05, 3.63) is 29.8 Å². The summed E-state index contributed by atoms with van der Waals surface area (Å²) in [5, 5.41) is 0. The predicted molar refractivity (Wildman–Crippen MR) is 100 cm³/mol. The van der Waals surface area contributed by atoms with E-state index in [0.29, 0.717) is 13.2 Å². The number of likely N-dealkylation sites (tertiary alicyclic amines) is 1. The molecule has 1 aromatic carbocycles. The Hall–Kier alpha value is -1.11. The fourth-order valence-electron chi connectivity index (χ4n) is 3.37. The van der Waals surface area contributed by atoms with E-state index < -0.39 is 10.0 Å². The summed E-state index contributed by atoms with van der Waals surface area (Å²) in [5.41, 5.74) is 0.999. The molecule has 6 heteroatoms. The molecule has 0 atom stereocenters. The van der Waals surface area contributed by atoms with Crippen LogP contribution in [0.1, 0.15) is 44.6 Å². The number of benzene rings is 1. The molecule has 0 bridgehead atoms. The molecule has 1 aliphatic heterocycles. The third-order valence-electron chi connectivity index (χ3n) is 5.04. The van der Waals surface area contributed by atoms with Gasteiger partial charge in [-0.3, -0.25) is 4.90 Å². The van der Waals surface area contributed by atoms with Crippen LogP contribution < -0.4 is 4.74 Å². The van der Waals surface area contributed by atoms with Gasteiger partial charge in [0.15, 0.2) is 0 Å². The normalized spacial score (nSPS) is 19.3. The summed E-state index contributed by atoms with van der Waals surface area (Å²) < 4.78 is 32.2. The Labute approximate surface area is 152 Å². The van der Waals surface area contributed by atoms with Gasteiger partial charge in [0, 0.05) is 19.1 Å². The van der Waals surface area contributed by atoms with E-state index >= 15 is 0 Å². The molecule has 1 saturated heterocycles. The molecule has 2 fully saturated rings. The molecule has 0 N–H and O–H groups in total. The van der Waals surface area contributed by atoms with Gasteiger partial charge in [0.1, 0.15) is 12.4 Å². The van der Waals surface area contributed by atoms with E-state index in [-0.39, 0.29) is 11.8 Å². The quantitative estimate of drug-likeness (QED) is 0.674. The lowest BCUT2D eigenvalue weighted by atomic mass is 10.1. The second-order valence-electron chi connectivity index (χ2n) is 7.08. The Bertz CT molecular complexity index is 652. The lowest BCUT2D eigenvalue weighted by Gasteiger charge is -2.26. The second-order valence-corrected chi connectivity index (χ2v) is 9.29. The number of ether oxygens (including phenoxy) is 1. The zero-order chi connectivity index (χ0) is 17.7. The molecule has 0 aromatic heterocycles. The molecule has 1 aromatic rings. The first-order chi connectivity index (χ1) is 12.1. The number of rotatable bonds is 9. The van der Waals surface area contributed by atoms with Crippen molar-refractivity contribution < 1.29 is 13.2 Å². The van der Waals surface area contributed by atoms with Crippen LogP contribution in [0.25, 0.3) is 0 Å². The summed E-state index contributed by atoms with van der Waals surface area (Å²) >= 11 is 0. The molecule has 25 heavy (non-hydrogen) atoms. The summed E-state index contributed by atoms with van der Waals surface area (Å²) in [7, 11) is -3.15. The molecule has 0 radical (unpaired) electrons. The van der Waals surface area contributed by atoms with Crippen LogP contribution in [0.4, 0.5) is 0 Å². The predicted octanol–water partition coefficient (Wildman–Crippen LogP) is 2.87. The van der Waals surface area contributed by atoms with Gasteiger partial charge in [0.2, 0.25) is 10.0 Å². The van der Waals surface area contributed by atoms with Crippen LogP contribution in [-0.2, 0) is 16.6 Å². The van der Waals surface area contributed by atoms with E-state index in [2.05, 4.69) is 4.90 Å². The van der Waals surface area contributed by atoms with Crippen molar-refractivity contribution in [3.63, 3.8) is 0 Å². The van der Waals surface area contributed by atoms with E-state index in [1.54, 1.807) is 11.2 Å². The monoisotopic (exact) mass is 366 g/mol. The van der Waals surface area contributed by atoms with Crippen LogP contribution in [0, 0.1) is 0 Å². The van der Waals surface area contributed by atoms with Gasteiger partial charge >= 0.3 is 0 Å². The molecule has 140 valence electrons. The smallest absolute Gasteiger partial charge is 0.214 e. The summed E-state index contributed by atoms with van der Waals surface area (Å²) in [4.78, 5) is 2.45. The van der Waals surface area contributed by atoms with Crippen LogP contribution in [-0.4, -0.2) is 55.7 Å². The Balaban J connectivity index is 1.55. The van der Waals surface area contributed by atoms with Crippen molar-refractivity contribution in [3.8, 4) is 5.75 Å². The lowest BCUT2D eigenvalue weighted by Crippen LogP contribution is -2.34. The highest BCUT2D eigenvalue weighted by Gasteiger charge is 2.36. The maximum absolute atomic E-state index is 12.3. The number of nitrogens with zero attached hydrogens (tertiary/aromatic N) is 2. The standard InChI is InChI=1S/C19H30N2O3S/c1-2-25(22,23)21(18-9-10-18)16-17-7-6-8-19(15-17)24-14-13-20-11-4-3-5-12-20/h6-8,15,18H,2-5,9-14,16H2,1H3. The van der Waals surface area contributed by atoms with Gasteiger partial charge in [-0.2, -0.15) is 4.31 Å². The van der Waals surface area contributed by atoms with Crippen molar-refractivity contribution in [1.82, 2.24) is 9.21 Å². The largest absolute Gasteiger partial charge is 0.492 e.